The predicted molar refractivity (Wildman–Crippen MR) is 106 cm³/mol. The summed E-state index contributed by atoms with van der Waals surface area (Å²) in [6.45, 7) is 1.90. The van der Waals surface area contributed by atoms with Crippen LogP contribution in [-0.2, 0) is 6.18 Å². The molecule has 2 aromatic carbocycles. The molecule has 29 heavy (non-hydrogen) atoms. The highest BCUT2D eigenvalue weighted by molar-refractivity contribution is 6.00. The van der Waals surface area contributed by atoms with Crippen molar-refractivity contribution in [3.05, 3.63) is 48.0 Å². The maximum atomic E-state index is 12.9. The van der Waals surface area contributed by atoms with E-state index in [-0.39, 0.29) is 23.3 Å². The fraction of sp³-hybridized carbons (Fsp3) is 0.333. The first-order chi connectivity index (χ1) is 14.2. The molecule has 8 heteroatoms. The molecule has 0 saturated carbocycles. The summed E-state index contributed by atoms with van der Waals surface area (Å²) >= 11 is 0. The number of aromatic hydroxyl groups is 1. The number of phenols is 1. The third kappa shape index (κ3) is 3.98. The second-order valence-corrected chi connectivity index (χ2v) is 7.34. The van der Waals surface area contributed by atoms with Crippen molar-refractivity contribution in [3.8, 4) is 17.0 Å². The van der Waals surface area contributed by atoms with Crippen LogP contribution >= 0.6 is 0 Å². The number of fused-ring (bicyclic) bond motifs is 1. The van der Waals surface area contributed by atoms with E-state index in [0.717, 1.165) is 32.0 Å². The number of phenolic OH excluding ortho intramolecular Hbond substituents is 1. The third-order valence-corrected chi connectivity index (χ3v) is 5.17. The Balaban J connectivity index is 1.78. The number of piperidine rings is 1. The fourth-order valence-electron chi connectivity index (χ4n) is 3.73. The van der Waals surface area contributed by atoms with Crippen molar-refractivity contribution in [1.29, 1.82) is 0 Å². The summed E-state index contributed by atoms with van der Waals surface area (Å²) in [4.78, 5) is 2.23. The van der Waals surface area contributed by atoms with Crippen LogP contribution in [0.5, 0.6) is 5.75 Å². The molecule has 1 unspecified atom stereocenters. The van der Waals surface area contributed by atoms with Gasteiger partial charge >= 0.3 is 6.18 Å². The van der Waals surface area contributed by atoms with E-state index in [9.17, 15) is 18.3 Å². The second kappa shape index (κ2) is 7.51. The number of anilines is 1. The molecule has 5 nitrogen and oxygen atoms in total. The lowest BCUT2D eigenvalue weighted by molar-refractivity contribution is -0.137. The Hall–Kier alpha value is -2.87. The Bertz CT molecular complexity index is 1090. The van der Waals surface area contributed by atoms with Crippen LogP contribution in [0.15, 0.2) is 42.4 Å². The molecule has 0 spiro atoms. The van der Waals surface area contributed by atoms with E-state index in [0.29, 0.717) is 22.7 Å². The van der Waals surface area contributed by atoms with Crippen LogP contribution < -0.4 is 5.32 Å². The minimum atomic E-state index is -4.56. The van der Waals surface area contributed by atoms with Gasteiger partial charge in [0.05, 0.1) is 6.93 Å². The lowest BCUT2D eigenvalue weighted by Gasteiger charge is -2.30. The highest BCUT2D eigenvalue weighted by Crippen LogP contribution is 2.38. The first-order valence-electron chi connectivity index (χ1n) is 9.85. The molecule has 2 heterocycles. The van der Waals surface area contributed by atoms with Gasteiger partial charge in [-0.2, -0.15) is 13.2 Å². The number of rotatable bonds is 3. The summed E-state index contributed by atoms with van der Waals surface area (Å²) in [7, 11) is 2.06. The molecule has 152 valence electrons. The Morgan fingerprint density at radius 3 is 2.76 bits per heavy atom. The molecule has 1 aliphatic rings. The average Bonchev–Trinajstić information content (AvgIpc) is 2.68. The SMILES string of the molecule is [2H]c1ccc2c(NC3CCCN(C)C3)nnc(-c3ccc(C(F)(F)F)cc3O)c2c1. The summed E-state index contributed by atoms with van der Waals surface area (Å²) in [6.07, 6.45) is -2.50. The maximum Gasteiger partial charge on any atom is 0.416 e. The molecule has 1 saturated heterocycles. The van der Waals surface area contributed by atoms with Crippen molar-refractivity contribution in [2.75, 3.05) is 25.5 Å². The van der Waals surface area contributed by atoms with E-state index in [1.165, 1.54) is 6.07 Å². The molecule has 3 aromatic rings. The number of likely N-dealkylation sites (tertiary alicyclic amines) is 1. The van der Waals surface area contributed by atoms with Crippen molar-refractivity contribution >= 4 is 16.6 Å². The van der Waals surface area contributed by atoms with Crippen LogP contribution in [0.25, 0.3) is 22.0 Å². The molecule has 0 aliphatic carbocycles. The van der Waals surface area contributed by atoms with Gasteiger partial charge < -0.3 is 15.3 Å². The van der Waals surface area contributed by atoms with Gasteiger partial charge in [-0.3, -0.25) is 0 Å². The van der Waals surface area contributed by atoms with Crippen LogP contribution in [0.4, 0.5) is 19.0 Å². The van der Waals surface area contributed by atoms with E-state index in [1.54, 1.807) is 18.2 Å². The fourth-order valence-corrected chi connectivity index (χ4v) is 3.73. The van der Waals surface area contributed by atoms with Crippen LogP contribution in [-0.4, -0.2) is 46.4 Å². The average molecular weight is 403 g/mol. The third-order valence-electron chi connectivity index (χ3n) is 5.17. The van der Waals surface area contributed by atoms with Crippen LogP contribution in [0.3, 0.4) is 0 Å². The molecule has 1 fully saturated rings. The number of alkyl halides is 3. The predicted octanol–water partition coefficient (Wildman–Crippen LogP) is 4.53. The number of halogens is 3. The molecule has 1 aliphatic heterocycles. The number of likely N-dealkylation sites (N-methyl/N-ethyl adjacent to an activating group) is 1. The van der Waals surface area contributed by atoms with Crippen molar-refractivity contribution in [1.82, 2.24) is 15.1 Å². The zero-order valence-corrected chi connectivity index (χ0v) is 15.8. The van der Waals surface area contributed by atoms with Crippen molar-refractivity contribution < 1.29 is 19.6 Å². The van der Waals surface area contributed by atoms with Crippen LogP contribution in [0.2, 0.25) is 0 Å². The number of benzene rings is 2. The van der Waals surface area contributed by atoms with E-state index < -0.39 is 17.5 Å². The second-order valence-electron chi connectivity index (χ2n) is 7.34. The molecular weight excluding hydrogens is 381 g/mol. The Morgan fingerprint density at radius 2 is 2.03 bits per heavy atom. The number of aromatic nitrogens is 2. The monoisotopic (exact) mass is 403 g/mol. The minimum absolute atomic E-state index is 0.134. The summed E-state index contributed by atoms with van der Waals surface area (Å²) in [5.74, 6) is 0.0193. The molecule has 2 N–H and O–H groups in total. The van der Waals surface area contributed by atoms with Crippen LogP contribution in [0, 0.1) is 0 Å². The van der Waals surface area contributed by atoms with Gasteiger partial charge in [0.1, 0.15) is 11.4 Å². The van der Waals surface area contributed by atoms with E-state index in [1.807, 2.05) is 0 Å². The largest absolute Gasteiger partial charge is 0.507 e. The first kappa shape index (κ1) is 18.2. The summed E-state index contributed by atoms with van der Waals surface area (Å²) < 4.78 is 46.8. The first-order valence-corrected chi connectivity index (χ1v) is 9.35. The molecule has 0 bridgehead atoms. The molecule has 0 amide bonds. The normalized spacial score (nSPS) is 18.6. The molecule has 1 atom stereocenters. The standard InChI is InChI=1S/C21H21F3N4O/c1-28-10-4-5-14(12-28)25-20-16-7-3-2-6-15(16)19(26-27-20)17-9-8-13(11-18(17)29)21(22,23)24/h2-3,6-9,11,14,29H,4-5,10,12H2,1H3,(H,25,27)/i2D. The van der Waals surface area contributed by atoms with Gasteiger partial charge in [0.2, 0.25) is 0 Å². The number of hydrogen-bond acceptors (Lipinski definition) is 5. The molecule has 0 radical (unpaired) electrons. The molecular formula is C21H21F3N4O. The highest BCUT2D eigenvalue weighted by Gasteiger charge is 2.31. The van der Waals surface area contributed by atoms with Gasteiger partial charge in [-0.15, -0.1) is 10.2 Å². The number of nitrogens with zero attached hydrogens (tertiary/aromatic N) is 3. The quantitative estimate of drug-likeness (QED) is 0.673. The van der Waals surface area contributed by atoms with E-state index in [2.05, 4.69) is 27.5 Å². The molecule has 4 rings (SSSR count). The van der Waals surface area contributed by atoms with E-state index in [4.69, 9.17) is 1.37 Å². The Kier molecular flexibility index (Phi) is 4.71. The molecule has 1 aromatic heterocycles. The highest BCUT2D eigenvalue weighted by atomic mass is 19.4. The number of hydrogen-bond donors (Lipinski definition) is 2. The van der Waals surface area contributed by atoms with Gasteiger partial charge in [-0.1, -0.05) is 24.2 Å². The topological polar surface area (TPSA) is 61.3 Å². The van der Waals surface area contributed by atoms with Crippen molar-refractivity contribution in [2.45, 2.75) is 25.1 Å². The van der Waals surface area contributed by atoms with Crippen molar-refractivity contribution in [3.63, 3.8) is 0 Å². The zero-order valence-electron chi connectivity index (χ0n) is 16.8. The van der Waals surface area contributed by atoms with Crippen LogP contribution in [0.1, 0.15) is 19.8 Å². The maximum absolute atomic E-state index is 12.9. The lowest BCUT2D eigenvalue weighted by Crippen LogP contribution is -2.40. The van der Waals surface area contributed by atoms with Gasteiger partial charge in [-0.25, -0.2) is 0 Å². The van der Waals surface area contributed by atoms with E-state index >= 15 is 0 Å². The summed E-state index contributed by atoms with van der Waals surface area (Å²) in [6, 6.07) is 8.13. The van der Waals surface area contributed by atoms with Gasteiger partial charge in [-0.05, 0) is 44.6 Å². The minimum Gasteiger partial charge on any atom is -0.507 e. The smallest absolute Gasteiger partial charge is 0.416 e. The lowest BCUT2D eigenvalue weighted by atomic mass is 10.0. The summed E-state index contributed by atoms with van der Waals surface area (Å²) in [5, 5.41) is 23.4. The van der Waals surface area contributed by atoms with Gasteiger partial charge in [0.25, 0.3) is 0 Å². The zero-order chi connectivity index (χ0) is 21.5. The van der Waals surface area contributed by atoms with Gasteiger partial charge in [0.15, 0.2) is 5.82 Å². The van der Waals surface area contributed by atoms with Crippen molar-refractivity contribution in [2.24, 2.45) is 0 Å². The van der Waals surface area contributed by atoms with Gasteiger partial charge in [0, 0.05) is 28.9 Å². The summed E-state index contributed by atoms with van der Waals surface area (Å²) in [5.41, 5.74) is -0.575. The Labute approximate surface area is 167 Å². The Morgan fingerprint density at radius 1 is 1.21 bits per heavy atom. The number of nitrogens with one attached hydrogen (secondary N) is 1.